The zero-order chi connectivity index (χ0) is 27.6. The molecular formula is C30H30N2O7. The topological polar surface area (TPSA) is 111 Å². The fourth-order valence-electron chi connectivity index (χ4n) is 3.83. The van der Waals surface area contributed by atoms with Crippen molar-refractivity contribution in [3.8, 4) is 28.7 Å². The van der Waals surface area contributed by atoms with Crippen LogP contribution in [0.5, 0.6) is 17.2 Å². The lowest BCUT2D eigenvalue weighted by molar-refractivity contribution is -0.138. The summed E-state index contributed by atoms with van der Waals surface area (Å²) in [6.45, 7) is 4.23. The average Bonchev–Trinajstić information content (AvgIpc) is 3.31. The van der Waals surface area contributed by atoms with Crippen LogP contribution in [0.15, 0.2) is 83.3 Å². The maximum atomic E-state index is 12.7. The molecular weight excluding hydrogens is 500 g/mol. The van der Waals surface area contributed by atoms with Gasteiger partial charge in [-0.15, -0.1) is 0 Å². The Kier molecular flexibility index (Phi) is 9.18. The van der Waals surface area contributed by atoms with Gasteiger partial charge in [0, 0.05) is 18.5 Å². The number of carbonyl (C=O) groups excluding carboxylic acids is 1. The van der Waals surface area contributed by atoms with Gasteiger partial charge in [-0.05, 0) is 67.9 Å². The standard InChI is InChI=1S/C30H30N2O7/c1-3-36-24-13-15-26(16-14-24)39-30(35)32(20-28(33)34)19-22-9-11-25(12-10-22)37-18-17-27-21(2)38-29(31-27)23-7-5-4-6-8-23/h4-16H,3,17-20H2,1-2H3,(H,33,34). The Morgan fingerprint density at radius 3 is 2.21 bits per heavy atom. The highest BCUT2D eigenvalue weighted by atomic mass is 16.6. The Bertz CT molecular complexity index is 1370. The molecule has 0 saturated carbocycles. The Morgan fingerprint density at radius 1 is 0.897 bits per heavy atom. The maximum Gasteiger partial charge on any atom is 0.416 e. The molecule has 9 heteroatoms. The molecule has 39 heavy (non-hydrogen) atoms. The lowest BCUT2D eigenvalue weighted by atomic mass is 10.2. The summed E-state index contributed by atoms with van der Waals surface area (Å²) >= 11 is 0. The molecule has 1 aromatic heterocycles. The van der Waals surface area contributed by atoms with E-state index in [9.17, 15) is 14.7 Å². The van der Waals surface area contributed by atoms with Gasteiger partial charge in [-0.2, -0.15) is 0 Å². The lowest BCUT2D eigenvalue weighted by Crippen LogP contribution is -2.37. The van der Waals surface area contributed by atoms with E-state index in [-0.39, 0.29) is 6.54 Å². The van der Waals surface area contributed by atoms with Gasteiger partial charge in [-0.3, -0.25) is 9.69 Å². The third-order valence-corrected chi connectivity index (χ3v) is 5.74. The van der Waals surface area contributed by atoms with E-state index in [0.29, 0.717) is 42.8 Å². The first kappa shape index (κ1) is 27.3. The van der Waals surface area contributed by atoms with Crippen LogP contribution in [-0.4, -0.2) is 46.8 Å². The molecule has 1 amide bonds. The molecule has 1 N–H and O–H groups in total. The number of carboxylic acids is 1. The number of carboxylic acid groups (broad SMARTS) is 1. The largest absolute Gasteiger partial charge is 0.494 e. The normalized spacial score (nSPS) is 10.6. The summed E-state index contributed by atoms with van der Waals surface area (Å²) in [4.78, 5) is 29.8. The number of carbonyl (C=O) groups is 2. The molecule has 0 unspecified atom stereocenters. The van der Waals surface area contributed by atoms with E-state index in [1.54, 1.807) is 48.5 Å². The highest BCUT2D eigenvalue weighted by Gasteiger charge is 2.20. The van der Waals surface area contributed by atoms with Crippen LogP contribution in [0.3, 0.4) is 0 Å². The van der Waals surface area contributed by atoms with Gasteiger partial charge in [-0.25, -0.2) is 9.78 Å². The third kappa shape index (κ3) is 7.85. The molecule has 202 valence electrons. The Labute approximate surface area is 226 Å². The van der Waals surface area contributed by atoms with Crippen molar-refractivity contribution in [2.24, 2.45) is 0 Å². The first-order valence-electron chi connectivity index (χ1n) is 12.6. The number of hydrogen-bond donors (Lipinski definition) is 1. The van der Waals surface area contributed by atoms with Gasteiger partial charge in [0.25, 0.3) is 0 Å². The van der Waals surface area contributed by atoms with Crippen LogP contribution < -0.4 is 14.2 Å². The monoisotopic (exact) mass is 530 g/mol. The molecule has 4 rings (SSSR count). The smallest absolute Gasteiger partial charge is 0.416 e. The summed E-state index contributed by atoms with van der Waals surface area (Å²) in [7, 11) is 0. The molecule has 4 aromatic rings. The van der Waals surface area contributed by atoms with Gasteiger partial charge >= 0.3 is 12.1 Å². The number of benzene rings is 3. The number of oxazole rings is 1. The van der Waals surface area contributed by atoms with Crippen LogP contribution in [-0.2, 0) is 17.8 Å². The van der Waals surface area contributed by atoms with Gasteiger partial charge in [0.05, 0.1) is 18.9 Å². The van der Waals surface area contributed by atoms with Crippen LogP contribution in [0, 0.1) is 6.92 Å². The number of aromatic nitrogens is 1. The minimum Gasteiger partial charge on any atom is -0.494 e. The van der Waals surface area contributed by atoms with Gasteiger partial charge in [0.1, 0.15) is 29.6 Å². The van der Waals surface area contributed by atoms with E-state index in [2.05, 4.69) is 4.98 Å². The molecule has 1 heterocycles. The number of aryl methyl sites for hydroxylation is 1. The van der Waals surface area contributed by atoms with Crippen molar-refractivity contribution in [2.75, 3.05) is 19.8 Å². The highest BCUT2D eigenvalue weighted by molar-refractivity contribution is 5.78. The van der Waals surface area contributed by atoms with Gasteiger partial charge in [0.2, 0.25) is 5.89 Å². The maximum absolute atomic E-state index is 12.7. The predicted molar refractivity (Wildman–Crippen MR) is 144 cm³/mol. The van der Waals surface area contributed by atoms with Crippen molar-refractivity contribution in [2.45, 2.75) is 26.8 Å². The van der Waals surface area contributed by atoms with E-state index < -0.39 is 18.6 Å². The predicted octanol–water partition coefficient (Wildman–Crippen LogP) is 5.76. The zero-order valence-electron chi connectivity index (χ0n) is 21.8. The second kappa shape index (κ2) is 13.1. The number of ether oxygens (including phenoxy) is 3. The molecule has 0 atom stereocenters. The second-order valence-electron chi connectivity index (χ2n) is 8.65. The number of amides is 1. The average molecular weight is 531 g/mol. The molecule has 0 radical (unpaired) electrons. The van der Waals surface area contributed by atoms with Crippen LogP contribution in [0.25, 0.3) is 11.5 Å². The van der Waals surface area contributed by atoms with Crippen molar-refractivity contribution < 1.29 is 33.3 Å². The van der Waals surface area contributed by atoms with Crippen LogP contribution in [0.4, 0.5) is 4.79 Å². The summed E-state index contributed by atoms with van der Waals surface area (Å²) in [6, 6.07) is 23.4. The lowest BCUT2D eigenvalue weighted by Gasteiger charge is -2.20. The summed E-state index contributed by atoms with van der Waals surface area (Å²) in [5.41, 5.74) is 2.48. The van der Waals surface area contributed by atoms with Crippen molar-refractivity contribution in [1.82, 2.24) is 9.88 Å². The minimum absolute atomic E-state index is 0.0584. The minimum atomic E-state index is -1.14. The molecule has 9 nitrogen and oxygen atoms in total. The number of nitrogens with zero attached hydrogens (tertiary/aromatic N) is 2. The molecule has 0 aliphatic heterocycles. The fourth-order valence-corrected chi connectivity index (χ4v) is 3.83. The van der Waals surface area contributed by atoms with E-state index in [4.69, 9.17) is 18.6 Å². The Hall–Kier alpha value is -4.79. The van der Waals surface area contributed by atoms with Crippen molar-refractivity contribution in [3.63, 3.8) is 0 Å². The molecule has 0 spiro atoms. The summed E-state index contributed by atoms with van der Waals surface area (Å²) in [5.74, 6) is 1.78. The first-order chi connectivity index (χ1) is 18.9. The summed E-state index contributed by atoms with van der Waals surface area (Å²) < 4.78 is 22.4. The molecule has 3 aromatic carbocycles. The second-order valence-corrected chi connectivity index (χ2v) is 8.65. The fraction of sp³-hybridized carbons (Fsp3) is 0.233. The summed E-state index contributed by atoms with van der Waals surface area (Å²) in [6.07, 6.45) is -0.187. The SMILES string of the molecule is CCOc1ccc(OC(=O)N(CC(=O)O)Cc2ccc(OCCc3nc(-c4ccccc4)oc3C)cc2)cc1. The molecule has 0 bridgehead atoms. The first-order valence-corrected chi connectivity index (χ1v) is 12.6. The highest BCUT2D eigenvalue weighted by Crippen LogP contribution is 2.23. The van der Waals surface area contributed by atoms with Gasteiger partial charge < -0.3 is 23.7 Å². The number of rotatable bonds is 12. The van der Waals surface area contributed by atoms with Crippen molar-refractivity contribution in [1.29, 1.82) is 0 Å². The number of aliphatic carboxylic acids is 1. The van der Waals surface area contributed by atoms with Crippen molar-refractivity contribution >= 4 is 12.1 Å². The quantitative estimate of drug-likeness (QED) is 0.246. The van der Waals surface area contributed by atoms with Gasteiger partial charge in [-0.1, -0.05) is 30.3 Å². The molecule has 0 saturated heterocycles. The van der Waals surface area contributed by atoms with Gasteiger partial charge in [0.15, 0.2) is 0 Å². The third-order valence-electron chi connectivity index (χ3n) is 5.74. The number of hydrogen-bond acceptors (Lipinski definition) is 7. The Balaban J connectivity index is 1.31. The van der Waals surface area contributed by atoms with E-state index in [1.807, 2.05) is 44.2 Å². The van der Waals surface area contributed by atoms with Crippen LogP contribution in [0.2, 0.25) is 0 Å². The van der Waals surface area contributed by atoms with E-state index in [1.165, 1.54) is 0 Å². The van der Waals surface area contributed by atoms with Crippen molar-refractivity contribution in [3.05, 3.63) is 95.9 Å². The molecule has 0 aliphatic rings. The van der Waals surface area contributed by atoms with E-state index in [0.717, 1.165) is 27.5 Å². The summed E-state index contributed by atoms with van der Waals surface area (Å²) in [5, 5.41) is 9.30. The molecule has 0 fully saturated rings. The van der Waals surface area contributed by atoms with E-state index >= 15 is 0 Å². The zero-order valence-corrected chi connectivity index (χ0v) is 21.8. The van der Waals surface area contributed by atoms with Crippen LogP contribution >= 0.6 is 0 Å². The van der Waals surface area contributed by atoms with Crippen LogP contribution in [0.1, 0.15) is 23.9 Å². The Morgan fingerprint density at radius 2 is 1.54 bits per heavy atom. The molecule has 0 aliphatic carbocycles.